The summed E-state index contributed by atoms with van der Waals surface area (Å²) in [5.41, 5.74) is 0.278. The monoisotopic (exact) mass is 259 g/mol. The third-order valence-electron chi connectivity index (χ3n) is 2.76. The SMILES string of the molecule is CC(C)C[C@H](C)NCc1ccc(C(F)(F)F)cc1. The Bertz CT molecular complexity index is 354. The highest BCUT2D eigenvalue weighted by Crippen LogP contribution is 2.29. The zero-order chi connectivity index (χ0) is 13.8. The summed E-state index contributed by atoms with van der Waals surface area (Å²) < 4.78 is 37.1. The molecule has 0 aliphatic carbocycles. The lowest BCUT2D eigenvalue weighted by atomic mass is 10.0. The van der Waals surface area contributed by atoms with Gasteiger partial charge in [-0.05, 0) is 37.0 Å². The number of benzene rings is 1. The second kappa shape index (κ2) is 6.23. The van der Waals surface area contributed by atoms with E-state index in [0.29, 0.717) is 18.5 Å². The molecule has 0 spiro atoms. The second-order valence-electron chi connectivity index (χ2n) is 5.11. The van der Waals surface area contributed by atoms with E-state index in [-0.39, 0.29) is 0 Å². The lowest BCUT2D eigenvalue weighted by Gasteiger charge is -2.16. The molecule has 1 aromatic rings. The van der Waals surface area contributed by atoms with Gasteiger partial charge in [-0.3, -0.25) is 0 Å². The van der Waals surface area contributed by atoms with Crippen LogP contribution in [0.15, 0.2) is 24.3 Å². The van der Waals surface area contributed by atoms with Gasteiger partial charge in [0.1, 0.15) is 0 Å². The first-order valence-corrected chi connectivity index (χ1v) is 6.18. The standard InChI is InChI=1S/C14H20F3N/c1-10(2)8-11(3)18-9-12-4-6-13(7-5-12)14(15,16)17/h4-7,10-11,18H,8-9H2,1-3H3/t11-/m0/s1. The highest BCUT2D eigenvalue weighted by atomic mass is 19.4. The summed E-state index contributed by atoms with van der Waals surface area (Å²) in [4.78, 5) is 0. The van der Waals surface area contributed by atoms with Crippen LogP contribution in [0, 0.1) is 5.92 Å². The van der Waals surface area contributed by atoms with Crippen molar-refractivity contribution in [1.82, 2.24) is 5.32 Å². The smallest absolute Gasteiger partial charge is 0.310 e. The average molecular weight is 259 g/mol. The van der Waals surface area contributed by atoms with Gasteiger partial charge in [-0.2, -0.15) is 13.2 Å². The van der Waals surface area contributed by atoms with Crippen LogP contribution in [0.3, 0.4) is 0 Å². The molecule has 1 nitrogen and oxygen atoms in total. The fraction of sp³-hybridized carbons (Fsp3) is 0.571. The van der Waals surface area contributed by atoms with E-state index in [0.717, 1.165) is 24.1 Å². The summed E-state index contributed by atoms with van der Waals surface area (Å²) in [6, 6.07) is 5.68. The maximum atomic E-state index is 12.4. The first kappa shape index (κ1) is 15.0. The molecule has 0 aliphatic rings. The number of rotatable bonds is 5. The predicted octanol–water partition coefficient (Wildman–Crippen LogP) is 4.23. The van der Waals surface area contributed by atoms with Crippen molar-refractivity contribution in [2.24, 2.45) is 5.92 Å². The zero-order valence-corrected chi connectivity index (χ0v) is 11.0. The molecule has 4 heteroatoms. The van der Waals surface area contributed by atoms with E-state index in [4.69, 9.17) is 0 Å². The number of hydrogen-bond acceptors (Lipinski definition) is 1. The molecule has 1 atom stereocenters. The van der Waals surface area contributed by atoms with E-state index in [1.807, 2.05) is 0 Å². The fourth-order valence-corrected chi connectivity index (χ4v) is 1.89. The molecule has 0 fully saturated rings. The molecule has 0 aromatic heterocycles. The van der Waals surface area contributed by atoms with Gasteiger partial charge < -0.3 is 5.32 Å². The second-order valence-corrected chi connectivity index (χ2v) is 5.11. The lowest BCUT2D eigenvalue weighted by molar-refractivity contribution is -0.137. The van der Waals surface area contributed by atoms with Crippen LogP contribution in [0.25, 0.3) is 0 Å². The molecule has 102 valence electrons. The van der Waals surface area contributed by atoms with Gasteiger partial charge >= 0.3 is 6.18 Å². The molecular weight excluding hydrogens is 239 g/mol. The first-order valence-electron chi connectivity index (χ1n) is 6.18. The highest BCUT2D eigenvalue weighted by Gasteiger charge is 2.29. The summed E-state index contributed by atoms with van der Waals surface area (Å²) >= 11 is 0. The Kier molecular flexibility index (Phi) is 5.20. The van der Waals surface area contributed by atoms with Gasteiger partial charge in [-0.15, -0.1) is 0 Å². The van der Waals surface area contributed by atoms with Crippen LogP contribution in [-0.2, 0) is 12.7 Å². The topological polar surface area (TPSA) is 12.0 Å². The average Bonchev–Trinajstić information content (AvgIpc) is 2.25. The molecule has 0 saturated heterocycles. The third kappa shape index (κ3) is 5.08. The summed E-state index contributed by atoms with van der Waals surface area (Å²) in [5, 5.41) is 3.31. The minimum Gasteiger partial charge on any atom is -0.310 e. The van der Waals surface area contributed by atoms with E-state index in [1.54, 1.807) is 0 Å². The van der Waals surface area contributed by atoms with Crippen LogP contribution in [0.5, 0.6) is 0 Å². The molecule has 0 bridgehead atoms. The van der Waals surface area contributed by atoms with Gasteiger partial charge in [0.25, 0.3) is 0 Å². The van der Waals surface area contributed by atoms with Crippen LogP contribution in [0.2, 0.25) is 0 Å². The van der Waals surface area contributed by atoms with E-state index >= 15 is 0 Å². The summed E-state index contributed by atoms with van der Waals surface area (Å²) in [6.45, 7) is 6.99. The minimum atomic E-state index is -4.25. The zero-order valence-electron chi connectivity index (χ0n) is 11.0. The van der Waals surface area contributed by atoms with Gasteiger partial charge in [0.15, 0.2) is 0 Å². The molecule has 1 rings (SSSR count). The molecule has 0 saturated carbocycles. The molecule has 1 N–H and O–H groups in total. The van der Waals surface area contributed by atoms with Crippen molar-refractivity contribution in [2.75, 3.05) is 0 Å². The van der Waals surface area contributed by atoms with Crippen molar-refractivity contribution < 1.29 is 13.2 Å². The molecule has 1 aromatic carbocycles. The van der Waals surface area contributed by atoms with Crippen molar-refractivity contribution >= 4 is 0 Å². The highest BCUT2D eigenvalue weighted by molar-refractivity contribution is 5.24. The van der Waals surface area contributed by atoms with Crippen LogP contribution in [-0.4, -0.2) is 6.04 Å². The first-order chi connectivity index (χ1) is 8.29. The number of halogens is 3. The van der Waals surface area contributed by atoms with Gasteiger partial charge in [-0.1, -0.05) is 26.0 Å². The Labute approximate surface area is 106 Å². The normalized spacial score (nSPS) is 13.9. The van der Waals surface area contributed by atoms with Gasteiger partial charge in [0.2, 0.25) is 0 Å². The molecule has 0 amide bonds. The maximum absolute atomic E-state index is 12.4. The van der Waals surface area contributed by atoms with Crippen LogP contribution < -0.4 is 5.32 Å². The molecule has 18 heavy (non-hydrogen) atoms. The van der Waals surface area contributed by atoms with Crippen molar-refractivity contribution in [3.63, 3.8) is 0 Å². The van der Waals surface area contributed by atoms with Gasteiger partial charge in [0, 0.05) is 12.6 Å². The Morgan fingerprint density at radius 3 is 2.06 bits per heavy atom. The number of nitrogens with one attached hydrogen (secondary N) is 1. The summed E-state index contributed by atoms with van der Waals surface area (Å²) in [5.74, 6) is 0.611. The molecule has 0 aliphatic heterocycles. The Morgan fingerprint density at radius 2 is 1.61 bits per heavy atom. The largest absolute Gasteiger partial charge is 0.416 e. The minimum absolute atomic E-state index is 0.368. The maximum Gasteiger partial charge on any atom is 0.416 e. The predicted molar refractivity (Wildman–Crippen MR) is 67.2 cm³/mol. The van der Waals surface area contributed by atoms with E-state index < -0.39 is 11.7 Å². The van der Waals surface area contributed by atoms with Crippen LogP contribution in [0.4, 0.5) is 13.2 Å². The molecule has 0 radical (unpaired) electrons. The van der Waals surface area contributed by atoms with Crippen molar-refractivity contribution in [1.29, 1.82) is 0 Å². The van der Waals surface area contributed by atoms with E-state index in [9.17, 15) is 13.2 Å². The molecule has 0 heterocycles. The van der Waals surface area contributed by atoms with Crippen molar-refractivity contribution in [3.05, 3.63) is 35.4 Å². The van der Waals surface area contributed by atoms with Crippen LogP contribution in [0.1, 0.15) is 38.3 Å². The van der Waals surface area contributed by atoms with E-state index in [1.165, 1.54) is 12.1 Å². The van der Waals surface area contributed by atoms with Gasteiger partial charge in [0.05, 0.1) is 5.56 Å². The lowest BCUT2D eigenvalue weighted by Crippen LogP contribution is -2.26. The molecular formula is C14H20F3N. The van der Waals surface area contributed by atoms with Crippen molar-refractivity contribution in [3.8, 4) is 0 Å². The van der Waals surface area contributed by atoms with Crippen molar-refractivity contribution in [2.45, 2.75) is 46.0 Å². The third-order valence-corrected chi connectivity index (χ3v) is 2.76. The summed E-state index contributed by atoms with van der Waals surface area (Å²) in [7, 11) is 0. The Balaban J connectivity index is 2.49. The Hall–Kier alpha value is -1.03. The number of hydrogen-bond donors (Lipinski definition) is 1. The van der Waals surface area contributed by atoms with Crippen LogP contribution >= 0.6 is 0 Å². The molecule has 0 unspecified atom stereocenters. The Morgan fingerprint density at radius 1 is 1.06 bits per heavy atom. The van der Waals surface area contributed by atoms with E-state index in [2.05, 4.69) is 26.1 Å². The quantitative estimate of drug-likeness (QED) is 0.834. The fourth-order valence-electron chi connectivity index (χ4n) is 1.89. The van der Waals surface area contributed by atoms with Gasteiger partial charge in [-0.25, -0.2) is 0 Å². The summed E-state index contributed by atoms with van der Waals surface area (Å²) in [6.07, 6.45) is -3.20. The number of alkyl halides is 3.